The highest BCUT2D eigenvalue weighted by Gasteiger charge is 2.09. The van der Waals surface area contributed by atoms with Crippen LogP contribution in [0.25, 0.3) is 22.0 Å². The van der Waals surface area contributed by atoms with Crippen LogP contribution in [0.1, 0.15) is 43.4 Å². The maximum absolute atomic E-state index is 11.6. The number of nitrogens with zero attached hydrogens (tertiary/aromatic N) is 2. The fourth-order valence-electron chi connectivity index (χ4n) is 3.86. The molecule has 32 heavy (non-hydrogen) atoms. The van der Waals surface area contributed by atoms with Crippen LogP contribution in [0.15, 0.2) is 48.5 Å². The molecule has 0 radical (unpaired) electrons. The Morgan fingerprint density at radius 1 is 1.06 bits per heavy atom. The number of rotatable bonds is 11. The lowest BCUT2D eigenvalue weighted by atomic mass is 10.0. The highest BCUT2D eigenvalue weighted by Crippen LogP contribution is 2.26. The number of aromatic nitrogens is 1. The van der Waals surface area contributed by atoms with E-state index in [1.165, 1.54) is 20.9 Å². The van der Waals surface area contributed by atoms with Crippen LogP contribution in [0.5, 0.6) is 0 Å². The van der Waals surface area contributed by atoms with E-state index in [2.05, 4.69) is 42.8 Å². The summed E-state index contributed by atoms with van der Waals surface area (Å²) >= 11 is -2.29. The predicted molar refractivity (Wildman–Crippen MR) is 125 cm³/mol. The second-order valence-corrected chi connectivity index (χ2v) is 9.05. The molecule has 3 aromatic rings. The topological polar surface area (TPSA) is 97.6 Å². The van der Waals surface area contributed by atoms with Crippen LogP contribution in [0.3, 0.4) is 0 Å². The lowest BCUT2D eigenvalue weighted by molar-refractivity contribution is -0.129. The van der Waals surface area contributed by atoms with Crippen LogP contribution >= 0.6 is 0 Å². The molecule has 172 valence electrons. The molecule has 1 unspecified atom stereocenters. The minimum Gasteiger partial charge on any atom is -0.760 e. The van der Waals surface area contributed by atoms with Gasteiger partial charge < -0.3 is 9.12 Å². The Kier molecular flexibility index (Phi) is 8.58. The first kappa shape index (κ1) is 24.1. The van der Waals surface area contributed by atoms with Crippen molar-refractivity contribution in [1.82, 2.24) is 14.4 Å². The third-order valence-corrected chi connectivity index (χ3v) is 6.56. The van der Waals surface area contributed by atoms with E-state index < -0.39 is 17.2 Å². The molecular weight excluding hydrogens is 426 g/mol. The van der Waals surface area contributed by atoms with Crippen molar-refractivity contribution in [3.05, 3.63) is 59.8 Å². The number of hydroxylamine groups is 1. The second-order valence-electron chi connectivity index (χ2n) is 8.10. The van der Waals surface area contributed by atoms with E-state index in [1.807, 2.05) is 24.3 Å². The monoisotopic (exact) mass is 456 g/mol. The smallest absolute Gasteiger partial charge is 0.243 e. The Morgan fingerprint density at radius 3 is 2.44 bits per heavy atom. The number of nitrogens with one attached hydrogen (secondary N) is 1. The first-order chi connectivity index (χ1) is 15.4. The van der Waals surface area contributed by atoms with Crippen molar-refractivity contribution in [1.29, 1.82) is 0 Å². The Hall–Kier alpha value is -2.52. The molecule has 0 saturated carbocycles. The summed E-state index contributed by atoms with van der Waals surface area (Å²) in [6.07, 6.45) is 3.31. The maximum atomic E-state index is 11.6. The fourth-order valence-corrected chi connectivity index (χ4v) is 4.40. The molecule has 0 aliphatic heterocycles. The number of unbranched alkanes of at least 4 members (excludes halogenated alkanes) is 3. The van der Waals surface area contributed by atoms with Gasteiger partial charge in [0.25, 0.3) is 0 Å². The van der Waals surface area contributed by atoms with E-state index in [1.54, 1.807) is 5.48 Å². The third-order valence-electron chi connectivity index (χ3n) is 5.83. The summed E-state index contributed by atoms with van der Waals surface area (Å²) in [7, 11) is 2.06. The molecule has 0 aliphatic carbocycles. The van der Waals surface area contributed by atoms with Crippen molar-refractivity contribution in [2.24, 2.45) is 7.05 Å². The maximum Gasteiger partial charge on any atom is 0.243 e. The van der Waals surface area contributed by atoms with E-state index >= 15 is 0 Å². The van der Waals surface area contributed by atoms with Crippen molar-refractivity contribution >= 4 is 28.1 Å². The van der Waals surface area contributed by atoms with Crippen molar-refractivity contribution in [3.8, 4) is 11.1 Å². The van der Waals surface area contributed by atoms with Gasteiger partial charge in [-0.1, -0.05) is 43.2 Å². The Balaban J connectivity index is 1.56. The zero-order chi connectivity index (χ0) is 23.1. The molecular formula is C24H30N3O4S-. The lowest BCUT2D eigenvalue weighted by Gasteiger charge is -2.24. The highest BCUT2D eigenvalue weighted by atomic mass is 32.2. The molecule has 8 heteroatoms. The largest absolute Gasteiger partial charge is 0.760 e. The molecule has 2 aromatic carbocycles. The van der Waals surface area contributed by atoms with Crippen LogP contribution in [0, 0.1) is 6.92 Å². The molecule has 0 aliphatic rings. The van der Waals surface area contributed by atoms with Gasteiger partial charge in [0.1, 0.15) is 0 Å². The highest BCUT2D eigenvalue weighted by molar-refractivity contribution is 7.76. The lowest BCUT2D eigenvalue weighted by Crippen LogP contribution is -2.26. The predicted octanol–water partition coefficient (Wildman–Crippen LogP) is 4.21. The minimum absolute atomic E-state index is 0.275. The van der Waals surface area contributed by atoms with Crippen molar-refractivity contribution in [3.63, 3.8) is 0 Å². The van der Waals surface area contributed by atoms with Gasteiger partial charge in [-0.05, 0) is 54.7 Å². The fraction of sp³-hybridized carbons (Fsp3) is 0.375. The number of carbonyl (C=O) groups excluding carboxylic acids is 1. The molecule has 1 amide bonds. The SMILES string of the molecule is Cc1cc2cc(-c3ccc(CN(CCCCCCC(=O)NO)S(=O)[O-])cc3)ccc2n1C. The van der Waals surface area contributed by atoms with E-state index in [9.17, 15) is 13.6 Å². The number of benzene rings is 2. The average Bonchev–Trinajstić information content (AvgIpc) is 3.08. The van der Waals surface area contributed by atoms with Gasteiger partial charge in [-0.15, -0.1) is 0 Å². The molecule has 1 atom stereocenters. The molecule has 2 N–H and O–H groups in total. The molecule has 0 saturated heterocycles. The van der Waals surface area contributed by atoms with Crippen LogP contribution in [0.2, 0.25) is 0 Å². The Morgan fingerprint density at radius 2 is 1.75 bits per heavy atom. The number of hydrogen-bond donors (Lipinski definition) is 2. The molecule has 7 nitrogen and oxygen atoms in total. The van der Waals surface area contributed by atoms with Crippen LogP contribution in [-0.4, -0.2) is 35.3 Å². The van der Waals surface area contributed by atoms with Crippen molar-refractivity contribution < 1.29 is 18.8 Å². The zero-order valence-electron chi connectivity index (χ0n) is 18.5. The van der Waals surface area contributed by atoms with E-state index in [4.69, 9.17) is 5.21 Å². The summed E-state index contributed by atoms with van der Waals surface area (Å²) in [6, 6.07) is 16.6. The van der Waals surface area contributed by atoms with Gasteiger partial charge >= 0.3 is 0 Å². The zero-order valence-corrected chi connectivity index (χ0v) is 19.4. The molecule has 0 fully saturated rings. The first-order valence-corrected chi connectivity index (χ1v) is 11.8. The first-order valence-electron chi connectivity index (χ1n) is 10.8. The van der Waals surface area contributed by atoms with E-state index in [0.717, 1.165) is 36.0 Å². The Bertz CT molecular complexity index is 1080. The van der Waals surface area contributed by atoms with Crippen molar-refractivity contribution in [2.75, 3.05) is 6.54 Å². The van der Waals surface area contributed by atoms with Crippen molar-refractivity contribution in [2.45, 2.75) is 45.6 Å². The Labute approximate surface area is 191 Å². The van der Waals surface area contributed by atoms with Crippen LogP contribution in [0.4, 0.5) is 0 Å². The van der Waals surface area contributed by atoms with Gasteiger partial charge in [0.2, 0.25) is 5.91 Å². The quantitative estimate of drug-likeness (QED) is 0.195. The minimum atomic E-state index is -2.29. The standard InChI is InChI=1S/C24H31N3O4S/c1-18-15-22-16-21(12-13-23(22)26(18)2)20-10-8-19(9-11-20)17-27(32(30)31)14-6-4-3-5-7-24(28)25-29/h8-13,15-16,29H,3-7,14,17H2,1-2H3,(H,25,28)(H,30,31)/p-1. The van der Waals surface area contributed by atoms with Gasteiger partial charge in [-0.25, -0.2) is 9.79 Å². The third kappa shape index (κ3) is 6.26. The van der Waals surface area contributed by atoms with E-state index in [-0.39, 0.29) is 6.42 Å². The van der Waals surface area contributed by atoms with Crippen LogP contribution in [-0.2, 0) is 29.7 Å². The summed E-state index contributed by atoms with van der Waals surface area (Å²) < 4.78 is 26.9. The second kappa shape index (κ2) is 11.4. The number of carbonyl (C=O) groups is 1. The summed E-state index contributed by atoms with van der Waals surface area (Å²) in [5.41, 5.74) is 7.20. The number of amides is 1. The van der Waals surface area contributed by atoms with Gasteiger partial charge in [-0.2, -0.15) is 0 Å². The number of hydrogen-bond acceptors (Lipinski definition) is 4. The molecule has 0 bridgehead atoms. The summed E-state index contributed by atoms with van der Waals surface area (Å²) in [5, 5.41) is 9.68. The van der Waals surface area contributed by atoms with E-state index in [0.29, 0.717) is 19.5 Å². The summed E-state index contributed by atoms with van der Waals surface area (Å²) in [6.45, 7) is 2.87. The molecule has 0 spiro atoms. The average molecular weight is 457 g/mol. The van der Waals surface area contributed by atoms with Gasteiger partial charge in [0.05, 0.1) is 0 Å². The summed E-state index contributed by atoms with van der Waals surface area (Å²) in [5.74, 6) is -0.394. The van der Waals surface area contributed by atoms with Gasteiger partial charge in [0.15, 0.2) is 0 Å². The number of aryl methyl sites for hydroxylation is 2. The molecule has 1 aromatic heterocycles. The molecule has 1 heterocycles. The van der Waals surface area contributed by atoms with Gasteiger partial charge in [0, 0.05) is 54.4 Å². The van der Waals surface area contributed by atoms with Crippen LogP contribution < -0.4 is 5.48 Å². The van der Waals surface area contributed by atoms with Gasteiger partial charge in [-0.3, -0.25) is 14.2 Å². The normalized spacial score (nSPS) is 12.4. The molecule has 3 rings (SSSR count). The number of fused-ring (bicyclic) bond motifs is 1. The summed E-state index contributed by atoms with van der Waals surface area (Å²) in [4.78, 5) is 11.0.